The highest BCUT2D eigenvalue weighted by Gasteiger charge is 2.17. The molecule has 21 heavy (non-hydrogen) atoms. The molecule has 0 radical (unpaired) electrons. The average molecular weight is 350 g/mol. The number of rotatable bonds is 4. The third-order valence-corrected chi connectivity index (χ3v) is 4.49. The first-order valence-corrected chi connectivity index (χ1v) is 7.51. The minimum Gasteiger partial charge on any atom is -0.496 e. The lowest BCUT2D eigenvalue weighted by Crippen LogP contribution is -2.13. The van der Waals surface area contributed by atoms with Gasteiger partial charge in [0.1, 0.15) is 11.5 Å². The molecule has 3 nitrogen and oxygen atoms in total. The number of hydrogen-bond donors (Lipinski definition) is 1. The molecule has 0 heterocycles. The van der Waals surface area contributed by atoms with Crippen LogP contribution in [0.3, 0.4) is 0 Å². The van der Waals surface area contributed by atoms with Crippen molar-refractivity contribution in [3.05, 3.63) is 57.1 Å². The lowest BCUT2D eigenvalue weighted by molar-refractivity contribution is 0.406. The number of methoxy groups -OCH3 is 2. The summed E-state index contributed by atoms with van der Waals surface area (Å²) >= 11 is 3.55. The summed E-state index contributed by atoms with van der Waals surface area (Å²) in [5, 5.41) is 0. The van der Waals surface area contributed by atoms with Crippen LogP contribution in [-0.4, -0.2) is 14.2 Å². The molecule has 112 valence electrons. The summed E-state index contributed by atoms with van der Waals surface area (Å²) in [6.45, 7) is 4.04. The van der Waals surface area contributed by atoms with Gasteiger partial charge in [0.15, 0.2) is 0 Å². The van der Waals surface area contributed by atoms with Gasteiger partial charge in [0, 0.05) is 10.0 Å². The van der Waals surface area contributed by atoms with Gasteiger partial charge in [-0.3, -0.25) is 0 Å². The third kappa shape index (κ3) is 3.22. The third-order valence-electron chi connectivity index (χ3n) is 3.64. The number of aryl methyl sites for hydroxylation is 2. The van der Waals surface area contributed by atoms with Crippen molar-refractivity contribution in [2.75, 3.05) is 14.2 Å². The Morgan fingerprint density at radius 3 is 2.24 bits per heavy atom. The largest absolute Gasteiger partial charge is 0.496 e. The Hall–Kier alpha value is -1.52. The van der Waals surface area contributed by atoms with Gasteiger partial charge in [-0.1, -0.05) is 28.1 Å². The summed E-state index contributed by atoms with van der Waals surface area (Å²) in [7, 11) is 3.33. The van der Waals surface area contributed by atoms with Crippen molar-refractivity contribution in [2.45, 2.75) is 19.9 Å². The molecular formula is C17H20BrNO2. The van der Waals surface area contributed by atoms with E-state index >= 15 is 0 Å². The maximum absolute atomic E-state index is 6.43. The molecular weight excluding hydrogens is 330 g/mol. The Balaban J connectivity index is 2.49. The normalized spacial score (nSPS) is 12.1. The molecule has 1 unspecified atom stereocenters. The van der Waals surface area contributed by atoms with Crippen LogP contribution in [0, 0.1) is 13.8 Å². The fourth-order valence-electron chi connectivity index (χ4n) is 2.30. The monoisotopic (exact) mass is 349 g/mol. The second kappa shape index (κ2) is 6.50. The smallest absolute Gasteiger partial charge is 0.124 e. The fraction of sp³-hybridized carbons (Fsp3) is 0.294. The van der Waals surface area contributed by atoms with E-state index < -0.39 is 0 Å². The van der Waals surface area contributed by atoms with Crippen molar-refractivity contribution in [1.82, 2.24) is 0 Å². The van der Waals surface area contributed by atoms with E-state index in [0.29, 0.717) is 0 Å². The Morgan fingerprint density at radius 1 is 0.952 bits per heavy atom. The van der Waals surface area contributed by atoms with Crippen molar-refractivity contribution in [2.24, 2.45) is 5.73 Å². The molecule has 2 rings (SSSR count). The van der Waals surface area contributed by atoms with Crippen LogP contribution in [-0.2, 0) is 0 Å². The molecule has 0 spiro atoms. The maximum Gasteiger partial charge on any atom is 0.124 e. The Labute approximate surface area is 134 Å². The van der Waals surface area contributed by atoms with E-state index in [1.54, 1.807) is 14.2 Å². The van der Waals surface area contributed by atoms with Crippen LogP contribution in [0.5, 0.6) is 11.5 Å². The summed E-state index contributed by atoms with van der Waals surface area (Å²) in [6, 6.07) is 9.76. The Morgan fingerprint density at radius 2 is 1.62 bits per heavy atom. The molecule has 0 saturated heterocycles. The number of hydrogen-bond acceptors (Lipinski definition) is 3. The molecule has 0 aliphatic carbocycles. The first-order chi connectivity index (χ1) is 9.97. The molecule has 0 bridgehead atoms. The van der Waals surface area contributed by atoms with Gasteiger partial charge >= 0.3 is 0 Å². The van der Waals surface area contributed by atoms with E-state index in [0.717, 1.165) is 38.2 Å². The van der Waals surface area contributed by atoms with Gasteiger partial charge in [-0.05, 0) is 48.7 Å². The molecule has 2 aromatic rings. The molecule has 0 aliphatic heterocycles. The molecule has 1 atom stereocenters. The zero-order valence-corrected chi connectivity index (χ0v) is 14.3. The van der Waals surface area contributed by atoms with Crippen LogP contribution >= 0.6 is 15.9 Å². The first-order valence-electron chi connectivity index (χ1n) is 6.72. The Bertz CT molecular complexity index is 655. The maximum atomic E-state index is 6.43. The van der Waals surface area contributed by atoms with Crippen LogP contribution < -0.4 is 15.2 Å². The topological polar surface area (TPSA) is 44.5 Å². The van der Waals surface area contributed by atoms with Crippen LogP contribution in [0.1, 0.15) is 28.3 Å². The second-order valence-electron chi connectivity index (χ2n) is 5.05. The summed E-state index contributed by atoms with van der Waals surface area (Å²) in [5.74, 6) is 1.64. The van der Waals surface area contributed by atoms with Gasteiger partial charge in [-0.2, -0.15) is 0 Å². The fourth-order valence-corrected chi connectivity index (χ4v) is 2.66. The van der Waals surface area contributed by atoms with E-state index in [-0.39, 0.29) is 6.04 Å². The molecule has 0 fully saturated rings. The van der Waals surface area contributed by atoms with Crippen molar-refractivity contribution in [3.63, 3.8) is 0 Å². The zero-order chi connectivity index (χ0) is 15.6. The highest BCUT2D eigenvalue weighted by Crippen LogP contribution is 2.34. The van der Waals surface area contributed by atoms with Crippen LogP contribution in [0.25, 0.3) is 0 Å². The summed E-state index contributed by atoms with van der Waals surface area (Å²) in [5.41, 5.74) is 10.6. The summed E-state index contributed by atoms with van der Waals surface area (Å²) in [6.07, 6.45) is 0. The highest BCUT2D eigenvalue weighted by atomic mass is 79.9. The first kappa shape index (κ1) is 15.9. The molecule has 4 heteroatoms. The van der Waals surface area contributed by atoms with Crippen LogP contribution in [0.4, 0.5) is 0 Å². The number of benzene rings is 2. The number of nitrogens with two attached hydrogens (primary N) is 1. The SMILES string of the molecule is COc1cc(C(N)c2cc(Br)c(C)cc2OC)ccc1C. The van der Waals surface area contributed by atoms with Gasteiger partial charge in [-0.25, -0.2) is 0 Å². The molecule has 0 amide bonds. The lowest BCUT2D eigenvalue weighted by Gasteiger charge is -2.19. The van der Waals surface area contributed by atoms with E-state index in [2.05, 4.69) is 15.9 Å². The summed E-state index contributed by atoms with van der Waals surface area (Å²) < 4.78 is 11.9. The van der Waals surface area contributed by atoms with Crippen molar-refractivity contribution in [1.29, 1.82) is 0 Å². The van der Waals surface area contributed by atoms with E-state index in [1.165, 1.54) is 0 Å². The van der Waals surface area contributed by atoms with Crippen LogP contribution in [0.2, 0.25) is 0 Å². The van der Waals surface area contributed by atoms with E-state index in [4.69, 9.17) is 15.2 Å². The molecule has 2 N–H and O–H groups in total. The van der Waals surface area contributed by atoms with Gasteiger partial charge in [-0.15, -0.1) is 0 Å². The average Bonchev–Trinajstić information content (AvgIpc) is 2.49. The van der Waals surface area contributed by atoms with Crippen molar-refractivity contribution < 1.29 is 9.47 Å². The zero-order valence-electron chi connectivity index (χ0n) is 12.7. The number of halogens is 1. The lowest BCUT2D eigenvalue weighted by atomic mass is 9.96. The van der Waals surface area contributed by atoms with E-state index in [1.807, 2.05) is 44.2 Å². The quantitative estimate of drug-likeness (QED) is 0.902. The Kier molecular flexibility index (Phi) is 4.91. The molecule has 2 aromatic carbocycles. The second-order valence-corrected chi connectivity index (χ2v) is 5.90. The van der Waals surface area contributed by atoms with Gasteiger partial charge < -0.3 is 15.2 Å². The molecule has 0 aromatic heterocycles. The molecule has 0 saturated carbocycles. The predicted octanol–water partition coefficient (Wildman–Crippen LogP) is 4.13. The minimum absolute atomic E-state index is 0.272. The van der Waals surface area contributed by atoms with Crippen molar-refractivity contribution in [3.8, 4) is 11.5 Å². The van der Waals surface area contributed by atoms with Gasteiger partial charge in [0.25, 0.3) is 0 Å². The standard InChI is InChI=1S/C17H20BrNO2/c1-10-5-6-12(8-15(10)20-3)17(19)13-9-14(18)11(2)7-16(13)21-4/h5-9,17H,19H2,1-4H3. The van der Waals surface area contributed by atoms with Crippen LogP contribution in [0.15, 0.2) is 34.8 Å². The predicted molar refractivity (Wildman–Crippen MR) is 89.2 cm³/mol. The number of ether oxygens (including phenoxy) is 2. The summed E-state index contributed by atoms with van der Waals surface area (Å²) in [4.78, 5) is 0. The van der Waals surface area contributed by atoms with Crippen molar-refractivity contribution >= 4 is 15.9 Å². The highest BCUT2D eigenvalue weighted by molar-refractivity contribution is 9.10. The van der Waals surface area contributed by atoms with Gasteiger partial charge in [0.2, 0.25) is 0 Å². The molecule has 0 aliphatic rings. The van der Waals surface area contributed by atoms with E-state index in [9.17, 15) is 0 Å². The minimum atomic E-state index is -0.272. The van der Waals surface area contributed by atoms with Gasteiger partial charge in [0.05, 0.1) is 20.3 Å².